The van der Waals surface area contributed by atoms with E-state index in [2.05, 4.69) is 5.32 Å². The normalized spacial score (nSPS) is 15.7. The molecule has 0 unspecified atom stereocenters. The summed E-state index contributed by atoms with van der Waals surface area (Å²) in [6.45, 7) is 6.81. The number of ketones is 2. The van der Waals surface area contributed by atoms with E-state index in [-0.39, 0.29) is 17.5 Å². The van der Waals surface area contributed by atoms with E-state index in [9.17, 15) is 9.59 Å². The number of hydrogen-bond donors (Lipinski definition) is 1. The first-order valence-electron chi connectivity index (χ1n) is 7.21. The first kappa shape index (κ1) is 16.0. The lowest BCUT2D eigenvalue weighted by Gasteiger charge is -2.30. The number of carbonyl (C=O) groups is 2. The third kappa shape index (κ3) is 2.82. The van der Waals surface area contributed by atoms with Gasteiger partial charge < -0.3 is 10.1 Å². The standard InChI is InChI=1S/C18H21NO3/c1-10-16(12(3)20)18(17(13(4)21)11(2)19-10)14-6-8-15(22-5)9-7-14/h6-9,18-19H,1-5H3. The maximum atomic E-state index is 12.1. The number of benzene rings is 1. The van der Waals surface area contributed by atoms with Gasteiger partial charge in [-0.05, 0) is 45.4 Å². The molecule has 22 heavy (non-hydrogen) atoms. The molecule has 1 N–H and O–H groups in total. The monoisotopic (exact) mass is 299 g/mol. The van der Waals surface area contributed by atoms with Crippen molar-refractivity contribution < 1.29 is 14.3 Å². The lowest BCUT2D eigenvalue weighted by atomic mass is 9.78. The fourth-order valence-electron chi connectivity index (χ4n) is 3.06. The van der Waals surface area contributed by atoms with Gasteiger partial charge in [-0.3, -0.25) is 9.59 Å². The molecule has 1 aromatic carbocycles. The van der Waals surface area contributed by atoms with Gasteiger partial charge in [-0.2, -0.15) is 0 Å². The molecule has 0 saturated carbocycles. The average molecular weight is 299 g/mol. The van der Waals surface area contributed by atoms with Gasteiger partial charge in [-0.15, -0.1) is 0 Å². The number of rotatable bonds is 4. The Balaban J connectivity index is 2.63. The van der Waals surface area contributed by atoms with Gasteiger partial charge >= 0.3 is 0 Å². The minimum absolute atomic E-state index is 0.0305. The smallest absolute Gasteiger partial charge is 0.158 e. The third-order valence-corrected chi connectivity index (χ3v) is 3.97. The first-order chi connectivity index (χ1) is 10.4. The Labute approximate surface area is 130 Å². The molecule has 4 nitrogen and oxygen atoms in total. The number of allylic oxidation sites excluding steroid dienone is 4. The van der Waals surface area contributed by atoms with Gasteiger partial charge in [-0.1, -0.05) is 12.1 Å². The zero-order valence-corrected chi connectivity index (χ0v) is 13.6. The second kappa shape index (κ2) is 6.18. The van der Waals surface area contributed by atoms with Crippen LogP contribution in [0.15, 0.2) is 46.8 Å². The summed E-state index contributed by atoms with van der Waals surface area (Å²) in [7, 11) is 1.61. The quantitative estimate of drug-likeness (QED) is 0.928. The minimum Gasteiger partial charge on any atom is -0.497 e. The molecule has 0 aliphatic carbocycles. The topological polar surface area (TPSA) is 55.4 Å². The predicted octanol–water partition coefficient (Wildman–Crippen LogP) is 3.11. The Kier molecular flexibility index (Phi) is 4.50. The molecule has 0 radical (unpaired) electrons. The van der Waals surface area contributed by atoms with Gasteiger partial charge in [0.1, 0.15) is 5.75 Å². The summed E-state index contributed by atoms with van der Waals surface area (Å²) in [5.74, 6) is 0.351. The fourth-order valence-corrected chi connectivity index (χ4v) is 3.06. The number of carbonyl (C=O) groups excluding carboxylic acids is 2. The second-order valence-corrected chi connectivity index (χ2v) is 5.52. The van der Waals surface area contributed by atoms with Crippen LogP contribution in [0.3, 0.4) is 0 Å². The Morgan fingerprint density at radius 2 is 1.41 bits per heavy atom. The van der Waals surface area contributed by atoms with E-state index >= 15 is 0 Å². The summed E-state index contributed by atoms with van der Waals surface area (Å²) in [4.78, 5) is 24.3. The number of Topliss-reactive ketones (excluding diaryl/α,β-unsaturated/α-hetero) is 2. The molecule has 1 aromatic rings. The molecular formula is C18H21NO3. The van der Waals surface area contributed by atoms with E-state index in [4.69, 9.17) is 4.74 Å². The van der Waals surface area contributed by atoms with Crippen molar-refractivity contribution in [3.63, 3.8) is 0 Å². The maximum absolute atomic E-state index is 12.1. The van der Waals surface area contributed by atoms with E-state index in [1.54, 1.807) is 7.11 Å². The minimum atomic E-state index is -0.331. The molecule has 1 heterocycles. The van der Waals surface area contributed by atoms with Crippen molar-refractivity contribution in [3.8, 4) is 5.75 Å². The van der Waals surface area contributed by atoms with Crippen molar-refractivity contribution in [1.29, 1.82) is 0 Å². The average Bonchev–Trinajstić information content (AvgIpc) is 2.45. The van der Waals surface area contributed by atoms with Gasteiger partial charge in [0.25, 0.3) is 0 Å². The highest BCUT2D eigenvalue weighted by Gasteiger charge is 2.33. The molecule has 0 spiro atoms. The van der Waals surface area contributed by atoms with Crippen LogP contribution < -0.4 is 10.1 Å². The van der Waals surface area contributed by atoms with Crippen LogP contribution in [-0.2, 0) is 9.59 Å². The maximum Gasteiger partial charge on any atom is 0.158 e. The summed E-state index contributed by atoms with van der Waals surface area (Å²) < 4.78 is 5.18. The number of dihydropyridines is 1. The SMILES string of the molecule is COc1ccc(C2C(C(C)=O)=C(C)NC(C)=C2C(C)=O)cc1. The number of ether oxygens (including phenoxy) is 1. The zero-order chi connectivity index (χ0) is 16.4. The molecule has 2 rings (SSSR count). The molecule has 0 aromatic heterocycles. The van der Waals surface area contributed by atoms with E-state index in [1.165, 1.54) is 13.8 Å². The molecule has 1 aliphatic heterocycles. The molecule has 0 atom stereocenters. The van der Waals surface area contributed by atoms with Gasteiger partial charge in [-0.25, -0.2) is 0 Å². The number of hydrogen-bond acceptors (Lipinski definition) is 4. The van der Waals surface area contributed by atoms with Crippen LogP contribution in [0.1, 0.15) is 39.2 Å². The highest BCUT2D eigenvalue weighted by atomic mass is 16.5. The lowest BCUT2D eigenvalue weighted by molar-refractivity contribution is -0.114. The third-order valence-electron chi connectivity index (χ3n) is 3.97. The van der Waals surface area contributed by atoms with Crippen LogP contribution in [0.5, 0.6) is 5.75 Å². The zero-order valence-electron chi connectivity index (χ0n) is 13.6. The van der Waals surface area contributed by atoms with Crippen LogP contribution in [0.25, 0.3) is 0 Å². The molecule has 0 saturated heterocycles. The van der Waals surface area contributed by atoms with Gasteiger partial charge in [0.05, 0.1) is 7.11 Å². The van der Waals surface area contributed by atoms with Crippen molar-refractivity contribution in [1.82, 2.24) is 5.32 Å². The molecule has 1 aliphatic rings. The summed E-state index contributed by atoms with van der Waals surface area (Å²) in [6.07, 6.45) is 0. The predicted molar refractivity (Wildman–Crippen MR) is 85.6 cm³/mol. The van der Waals surface area contributed by atoms with Crippen LogP contribution in [-0.4, -0.2) is 18.7 Å². The number of methoxy groups -OCH3 is 1. The van der Waals surface area contributed by atoms with Crippen molar-refractivity contribution in [2.75, 3.05) is 7.11 Å². The Bertz CT molecular complexity index is 645. The molecule has 116 valence electrons. The Morgan fingerprint density at radius 1 is 0.955 bits per heavy atom. The van der Waals surface area contributed by atoms with Gasteiger partial charge in [0, 0.05) is 28.5 Å². The van der Waals surface area contributed by atoms with Crippen molar-refractivity contribution in [2.45, 2.75) is 33.6 Å². The van der Waals surface area contributed by atoms with Gasteiger partial charge in [0.15, 0.2) is 11.6 Å². The second-order valence-electron chi connectivity index (χ2n) is 5.52. The Hall–Kier alpha value is -2.36. The molecule has 0 fully saturated rings. The number of nitrogens with one attached hydrogen (secondary N) is 1. The van der Waals surface area contributed by atoms with E-state index in [0.717, 1.165) is 22.7 Å². The first-order valence-corrected chi connectivity index (χ1v) is 7.21. The van der Waals surface area contributed by atoms with E-state index in [0.29, 0.717) is 11.1 Å². The highest BCUT2D eigenvalue weighted by molar-refractivity contribution is 6.03. The van der Waals surface area contributed by atoms with Gasteiger partial charge in [0.2, 0.25) is 0 Å². The molecule has 0 bridgehead atoms. The molecule has 4 heteroatoms. The summed E-state index contributed by atoms with van der Waals surface area (Å²) in [6, 6.07) is 7.50. The van der Waals surface area contributed by atoms with Crippen LogP contribution >= 0.6 is 0 Å². The lowest BCUT2D eigenvalue weighted by Crippen LogP contribution is -2.29. The largest absolute Gasteiger partial charge is 0.497 e. The van der Waals surface area contributed by atoms with Crippen molar-refractivity contribution >= 4 is 11.6 Å². The summed E-state index contributed by atoms with van der Waals surface area (Å²) >= 11 is 0. The van der Waals surface area contributed by atoms with Crippen molar-refractivity contribution in [3.05, 3.63) is 52.4 Å². The fraction of sp³-hybridized carbons (Fsp3) is 0.333. The van der Waals surface area contributed by atoms with Crippen LogP contribution in [0.4, 0.5) is 0 Å². The van der Waals surface area contributed by atoms with Crippen molar-refractivity contribution in [2.24, 2.45) is 0 Å². The highest BCUT2D eigenvalue weighted by Crippen LogP contribution is 2.39. The van der Waals surface area contributed by atoms with E-state index < -0.39 is 0 Å². The molecule has 0 amide bonds. The van der Waals surface area contributed by atoms with Crippen LogP contribution in [0.2, 0.25) is 0 Å². The Morgan fingerprint density at radius 3 is 1.77 bits per heavy atom. The summed E-state index contributed by atoms with van der Waals surface area (Å²) in [5.41, 5.74) is 3.80. The molecular weight excluding hydrogens is 278 g/mol. The van der Waals surface area contributed by atoms with Crippen LogP contribution in [0, 0.1) is 0 Å². The van der Waals surface area contributed by atoms with E-state index in [1.807, 2.05) is 38.1 Å². The summed E-state index contributed by atoms with van der Waals surface area (Å²) in [5, 5.41) is 3.16.